The second kappa shape index (κ2) is 8.62. The Hall–Kier alpha value is -1.45. The van der Waals surface area contributed by atoms with Gasteiger partial charge in [0, 0.05) is 12.6 Å². The third-order valence-electron chi connectivity index (χ3n) is 2.99. The van der Waals surface area contributed by atoms with Crippen molar-refractivity contribution in [2.75, 3.05) is 6.54 Å². The van der Waals surface area contributed by atoms with E-state index in [1.54, 1.807) is 0 Å². The van der Waals surface area contributed by atoms with E-state index >= 15 is 0 Å². The molecule has 0 aliphatic rings. The van der Waals surface area contributed by atoms with Gasteiger partial charge in [-0.25, -0.2) is 8.78 Å². The van der Waals surface area contributed by atoms with Gasteiger partial charge in [0.25, 0.3) is 5.91 Å². The molecule has 1 rings (SSSR count). The molecule has 0 aromatic heterocycles. The quantitative estimate of drug-likeness (QED) is 0.709. The molecule has 2 nitrogen and oxygen atoms in total. The first kappa shape index (κ1) is 15.6. The van der Waals surface area contributed by atoms with Gasteiger partial charge in [-0.3, -0.25) is 4.79 Å². The van der Waals surface area contributed by atoms with E-state index in [-0.39, 0.29) is 5.56 Å². The van der Waals surface area contributed by atoms with E-state index in [9.17, 15) is 13.6 Å². The summed E-state index contributed by atoms with van der Waals surface area (Å²) in [5, 5.41) is 2.65. The Balaban J connectivity index is 2.24. The van der Waals surface area contributed by atoms with Crippen LogP contribution >= 0.6 is 0 Å². The molecule has 0 radical (unpaired) electrons. The molecule has 0 unspecified atom stereocenters. The van der Waals surface area contributed by atoms with Crippen LogP contribution in [0.2, 0.25) is 0 Å². The van der Waals surface area contributed by atoms with Gasteiger partial charge in [0.1, 0.15) is 11.6 Å². The number of benzene rings is 1. The van der Waals surface area contributed by atoms with Crippen LogP contribution in [-0.2, 0) is 0 Å². The minimum absolute atomic E-state index is 0.104. The van der Waals surface area contributed by atoms with Gasteiger partial charge < -0.3 is 5.32 Å². The number of unbranched alkanes of at least 4 members (excludes halogenated alkanes) is 5. The van der Waals surface area contributed by atoms with Gasteiger partial charge in [-0.1, -0.05) is 39.0 Å². The van der Waals surface area contributed by atoms with Crippen LogP contribution in [0.4, 0.5) is 8.78 Å². The molecule has 0 spiro atoms. The maximum Gasteiger partial charge on any atom is 0.254 e. The summed E-state index contributed by atoms with van der Waals surface area (Å²) in [6, 6.07) is 2.98. The summed E-state index contributed by atoms with van der Waals surface area (Å²) in [6.45, 7) is 2.69. The first-order chi connectivity index (χ1) is 9.15. The standard InChI is InChI=1S/C15H21F2NO/c1-2-3-4-5-6-7-10-18-15(19)13-9-8-12(16)11-14(13)17/h8-9,11H,2-7,10H2,1H3,(H,18,19). The summed E-state index contributed by atoms with van der Waals surface area (Å²) in [7, 11) is 0. The van der Waals surface area contributed by atoms with Crippen LogP contribution in [0.15, 0.2) is 18.2 Å². The minimum atomic E-state index is -0.819. The van der Waals surface area contributed by atoms with E-state index in [4.69, 9.17) is 0 Å². The molecule has 0 atom stereocenters. The predicted octanol–water partition coefficient (Wildman–Crippen LogP) is 4.06. The molecular formula is C15H21F2NO. The van der Waals surface area contributed by atoms with Crippen molar-refractivity contribution in [3.8, 4) is 0 Å². The van der Waals surface area contributed by atoms with Crippen molar-refractivity contribution in [2.24, 2.45) is 0 Å². The highest BCUT2D eigenvalue weighted by molar-refractivity contribution is 5.94. The topological polar surface area (TPSA) is 29.1 Å². The van der Waals surface area contributed by atoms with Gasteiger partial charge in [0.15, 0.2) is 0 Å². The number of hydrogen-bond acceptors (Lipinski definition) is 1. The van der Waals surface area contributed by atoms with Gasteiger partial charge in [-0.15, -0.1) is 0 Å². The van der Waals surface area contributed by atoms with Gasteiger partial charge in [-0.05, 0) is 18.6 Å². The molecule has 19 heavy (non-hydrogen) atoms. The molecular weight excluding hydrogens is 248 g/mol. The average molecular weight is 269 g/mol. The summed E-state index contributed by atoms with van der Waals surface area (Å²) < 4.78 is 26.0. The smallest absolute Gasteiger partial charge is 0.254 e. The number of carbonyl (C=O) groups excluding carboxylic acids is 1. The van der Waals surface area contributed by atoms with Gasteiger partial charge >= 0.3 is 0 Å². The molecule has 1 amide bonds. The number of rotatable bonds is 8. The van der Waals surface area contributed by atoms with Crippen LogP contribution in [0.5, 0.6) is 0 Å². The van der Waals surface area contributed by atoms with Crippen molar-refractivity contribution in [1.29, 1.82) is 0 Å². The van der Waals surface area contributed by atoms with E-state index in [0.717, 1.165) is 31.4 Å². The second-order valence-corrected chi connectivity index (χ2v) is 4.65. The molecule has 106 valence electrons. The third-order valence-corrected chi connectivity index (χ3v) is 2.99. The zero-order chi connectivity index (χ0) is 14.1. The first-order valence-corrected chi connectivity index (χ1v) is 6.88. The lowest BCUT2D eigenvalue weighted by Crippen LogP contribution is -2.25. The molecule has 4 heteroatoms. The second-order valence-electron chi connectivity index (χ2n) is 4.65. The van der Waals surface area contributed by atoms with Crippen molar-refractivity contribution in [1.82, 2.24) is 5.32 Å². The van der Waals surface area contributed by atoms with E-state index in [1.165, 1.54) is 25.3 Å². The molecule has 0 heterocycles. The van der Waals surface area contributed by atoms with Crippen molar-refractivity contribution in [3.63, 3.8) is 0 Å². The van der Waals surface area contributed by atoms with Crippen LogP contribution in [0.1, 0.15) is 55.8 Å². The van der Waals surface area contributed by atoms with E-state index in [0.29, 0.717) is 6.54 Å². The summed E-state index contributed by atoms with van der Waals surface area (Å²) in [5.41, 5.74) is -0.104. The molecule has 0 aliphatic carbocycles. The summed E-state index contributed by atoms with van der Waals surface area (Å²) in [4.78, 5) is 11.6. The molecule has 0 fully saturated rings. The number of hydrogen-bond donors (Lipinski definition) is 1. The highest BCUT2D eigenvalue weighted by Crippen LogP contribution is 2.09. The predicted molar refractivity (Wildman–Crippen MR) is 72.1 cm³/mol. The fraction of sp³-hybridized carbons (Fsp3) is 0.533. The maximum atomic E-state index is 13.3. The van der Waals surface area contributed by atoms with Crippen LogP contribution in [0.3, 0.4) is 0 Å². The van der Waals surface area contributed by atoms with Crippen molar-refractivity contribution in [2.45, 2.75) is 45.4 Å². The normalized spacial score (nSPS) is 10.5. The minimum Gasteiger partial charge on any atom is -0.352 e. The number of halogens is 2. The first-order valence-electron chi connectivity index (χ1n) is 6.88. The molecule has 1 aromatic rings. The largest absolute Gasteiger partial charge is 0.352 e. The van der Waals surface area contributed by atoms with E-state index < -0.39 is 17.5 Å². The molecule has 0 saturated carbocycles. The Morgan fingerprint density at radius 3 is 2.47 bits per heavy atom. The monoisotopic (exact) mass is 269 g/mol. The zero-order valence-corrected chi connectivity index (χ0v) is 11.3. The third kappa shape index (κ3) is 5.81. The summed E-state index contributed by atoms with van der Waals surface area (Å²) in [5.74, 6) is -1.98. The Kier molecular flexibility index (Phi) is 7.08. The van der Waals surface area contributed by atoms with Crippen LogP contribution in [0, 0.1) is 11.6 Å². The highest BCUT2D eigenvalue weighted by atomic mass is 19.1. The lowest BCUT2D eigenvalue weighted by molar-refractivity contribution is 0.0949. The van der Waals surface area contributed by atoms with Gasteiger partial charge in [0.05, 0.1) is 5.56 Å². The van der Waals surface area contributed by atoms with E-state index in [2.05, 4.69) is 12.2 Å². The number of nitrogens with one attached hydrogen (secondary N) is 1. The Morgan fingerprint density at radius 2 is 1.79 bits per heavy atom. The van der Waals surface area contributed by atoms with Crippen molar-refractivity contribution < 1.29 is 13.6 Å². The van der Waals surface area contributed by atoms with E-state index in [1.807, 2.05) is 0 Å². The molecule has 1 N–H and O–H groups in total. The van der Waals surface area contributed by atoms with Crippen LogP contribution in [0.25, 0.3) is 0 Å². The number of amides is 1. The molecule has 1 aromatic carbocycles. The fourth-order valence-electron chi connectivity index (χ4n) is 1.88. The zero-order valence-electron chi connectivity index (χ0n) is 11.3. The van der Waals surface area contributed by atoms with Crippen LogP contribution < -0.4 is 5.32 Å². The maximum absolute atomic E-state index is 13.3. The average Bonchev–Trinajstić information content (AvgIpc) is 2.37. The lowest BCUT2D eigenvalue weighted by atomic mass is 10.1. The molecule has 0 saturated heterocycles. The molecule has 0 aliphatic heterocycles. The fourth-order valence-corrected chi connectivity index (χ4v) is 1.88. The SMILES string of the molecule is CCCCCCCCNC(=O)c1ccc(F)cc1F. The van der Waals surface area contributed by atoms with Crippen LogP contribution in [-0.4, -0.2) is 12.5 Å². The van der Waals surface area contributed by atoms with Crippen molar-refractivity contribution in [3.05, 3.63) is 35.4 Å². The van der Waals surface area contributed by atoms with Crippen molar-refractivity contribution >= 4 is 5.91 Å². The summed E-state index contributed by atoms with van der Waals surface area (Å²) >= 11 is 0. The Morgan fingerprint density at radius 1 is 1.11 bits per heavy atom. The Labute approximate surface area is 113 Å². The number of carbonyl (C=O) groups is 1. The van der Waals surface area contributed by atoms with Gasteiger partial charge in [-0.2, -0.15) is 0 Å². The lowest BCUT2D eigenvalue weighted by Gasteiger charge is -2.06. The summed E-state index contributed by atoms with van der Waals surface area (Å²) in [6.07, 6.45) is 6.78. The molecule has 0 bridgehead atoms. The highest BCUT2D eigenvalue weighted by Gasteiger charge is 2.11. The van der Waals surface area contributed by atoms with Gasteiger partial charge in [0.2, 0.25) is 0 Å². The Bertz CT molecular complexity index is 407.